The maximum absolute atomic E-state index is 15.0. The van der Waals surface area contributed by atoms with Crippen LogP contribution in [0.2, 0.25) is 0 Å². The second-order valence-corrected chi connectivity index (χ2v) is 19.8. The van der Waals surface area contributed by atoms with Crippen LogP contribution >= 0.6 is 0 Å². The summed E-state index contributed by atoms with van der Waals surface area (Å²) >= 11 is 0. The van der Waals surface area contributed by atoms with E-state index < -0.39 is 107 Å². The first kappa shape index (κ1) is 44.2. The molecule has 7 rings (SSSR count). The van der Waals surface area contributed by atoms with Gasteiger partial charge in [-0.2, -0.15) is 0 Å². The zero-order valence-electron chi connectivity index (χ0n) is 35.5. The van der Waals surface area contributed by atoms with Gasteiger partial charge in [-0.15, -0.1) is 0 Å². The Hall–Kier alpha value is -2.91. The molecular weight excluding hydrogens is 762 g/mol. The number of rotatable bonds is 9. The Bertz CT molecular complexity index is 1680. The molecule has 1 amide bonds. The molecule has 0 spiro atoms. The van der Waals surface area contributed by atoms with Gasteiger partial charge in [0, 0.05) is 31.1 Å². The smallest absolute Gasteiger partial charge is 0.337 e. The number of fused-ring (bicyclic) bond motifs is 5. The maximum Gasteiger partial charge on any atom is 0.337 e. The van der Waals surface area contributed by atoms with Gasteiger partial charge in [-0.05, 0) is 69.4 Å². The summed E-state index contributed by atoms with van der Waals surface area (Å²) in [6.07, 6.45) is 2.71. The Morgan fingerprint density at radius 2 is 1.42 bits per heavy atom. The van der Waals surface area contributed by atoms with Crippen molar-refractivity contribution in [3.05, 3.63) is 11.1 Å². The fourth-order valence-electron chi connectivity index (χ4n) is 12.5. The summed E-state index contributed by atoms with van der Waals surface area (Å²) in [4.78, 5) is 70.1. The molecule has 11 unspecified atom stereocenters. The average molecular weight is 830 g/mol. The van der Waals surface area contributed by atoms with E-state index in [9.17, 15) is 39.6 Å². The van der Waals surface area contributed by atoms with Crippen LogP contribution in [0, 0.1) is 34.5 Å². The normalized spacial score (nSPS) is 38.9. The summed E-state index contributed by atoms with van der Waals surface area (Å²) in [5.41, 5.74) is -7.02. The van der Waals surface area contributed by atoms with Gasteiger partial charge in [-0.3, -0.25) is 19.2 Å². The van der Waals surface area contributed by atoms with E-state index in [1.165, 1.54) is 13.8 Å². The van der Waals surface area contributed by atoms with Crippen LogP contribution in [0.4, 0.5) is 0 Å². The Balaban J connectivity index is 1.30. The fraction of sp³-hybridized carbons (Fsp3) is 0.844. The lowest BCUT2D eigenvalue weighted by molar-refractivity contribution is -0.347. The van der Waals surface area contributed by atoms with Crippen molar-refractivity contribution in [1.29, 1.82) is 0 Å². The molecule has 14 heteroatoms. The van der Waals surface area contributed by atoms with E-state index in [0.29, 0.717) is 25.7 Å². The standard InChI is InChI=1S/C45H67NO13/c1-24-29(57-41(54)35(50)33(26-15-9-6-10-16-26)46-39(52)27-17-11-7-12-18-27)22-45(55)38(58-40(53)28-19-13-8-14-20-28)36-43(5,37(51)34(49)32(24)42(45,3)4)30(48)21-31-44(36,23-56-31)59-25(2)47/h26-31,33-36,38,48-50,55H,6-23H2,1-5H3,(H,46,52). The number of hydrogen-bond acceptors (Lipinski definition) is 13. The predicted octanol–water partition coefficient (Wildman–Crippen LogP) is 3.91. The Kier molecular flexibility index (Phi) is 12.5. The van der Waals surface area contributed by atoms with Crippen LogP contribution in [0.1, 0.15) is 144 Å². The van der Waals surface area contributed by atoms with E-state index in [-0.39, 0.29) is 41.9 Å². The number of aliphatic hydroxyl groups is 4. The van der Waals surface area contributed by atoms with Crippen molar-refractivity contribution in [3.63, 3.8) is 0 Å². The summed E-state index contributed by atoms with van der Waals surface area (Å²) in [6, 6.07) is -0.918. The van der Waals surface area contributed by atoms with Crippen LogP contribution in [0.25, 0.3) is 0 Å². The van der Waals surface area contributed by atoms with Gasteiger partial charge in [0.25, 0.3) is 0 Å². The highest BCUT2D eigenvalue weighted by Gasteiger charge is 2.78. The second kappa shape index (κ2) is 16.8. The molecule has 0 aromatic carbocycles. The number of carbonyl (C=O) groups is 5. The number of amides is 1. The van der Waals surface area contributed by atoms with E-state index in [4.69, 9.17) is 18.9 Å². The number of carbonyl (C=O) groups excluding carboxylic acids is 5. The second-order valence-electron chi connectivity index (χ2n) is 19.8. The number of esters is 3. The molecule has 6 aliphatic carbocycles. The molecule has 6 fully saturated rings. The van der Waals surface area contributed by atoms with Crippen molar-refractivity contribution in [1.82, 2.24) is 5.32 Å². The third-order valence-electron chi connectivity index (χ3n) is 16.1. The van der Waals surface area contributed by atoms with Crippen LogP contribution in [0.3, 0.4) is 0 Å². The third-order valence-corrected chi connectivity index (χ3v) is 16.1. The van der Waals surface area contributed by atoms with Crippen molar-refractivity contribution >= 4 is 29.6 Å². The zero-order chi connectivity index (χ0) is 42.7. The van der Waals surface area contributed by atoms with Gasteiger partial charge >= 0.3 is 17.9 Å². The minimum Gasteiger partial charge on any atom is -0.459 e. The van der Waals surface area contributed by atoms with Crippen molar-refractivity contribution < 1.29 is 63.3 Å². The van der Waals surface area contributed by atoms with E-state index in [0.717, 1.165) is 70.6 Å². The summed E-state index contributed by atoms with van der Waals surface area (Å²) in [6.45, 7) is 7.31. The van der Waals surface area contributed by atoms with Crippen molar-refractivity contribution in [2.45, 2.75) is 198 Å². The van der Waals surface area contributed by atoms with Gasteiger partial charge < -0.3 is 44.7 Å². The molecule has 11 atom stereocenters. The van der Waals surface area contributed by atoms with Crippen molar-refractivity contribution in [3.8, 4) is 0 Å². The van der Waals surface area contributed by atoms with Gasteiger partial charge in [0.15, 0.2) is 17.5 Å². The monoisotopic (exact) mass is 829 g/mol. The van der Waals surface area contributed by atoms with Crippen molar-refractivity contribution in [2.24, 2.45) is 34.5 Å². The molecular formula is C45H67NO13. The molecule has 7 aliphatic rings. The molecule has 5 saturated carbocycles. The van der Waals surface area contributed by atoms with E-state index in [2.05, 4.69) is 5.32 Å². The Morgan fingerprint density at radius 1 is 0.847 bits per heavy atom. The maximum atomic E-state index is 15.0. The van der Waals surface area contributed by atoms with Gasteiger partial charge in [-0.25, -0.2) is 4.79 Å². The van der Waals surface area contributed by atoms with Crippen LogP contribution < -0.4 is 5.32 Å². The number of hydrogen-bond donors (Lipinski definition) is 5. The van der Waals surface area contributed by atoms with Crippen LogP contribution in [-0.4, -0.2) is 110 Å². The largest absolute Gasteiger partial charge is 0.459 e. The highest BCUT2D eigenvalue weighted by atomic mass is 16.6. The third kappa shape index (κ3) is 7.48. The first-order valence-corrected chi connectivity index (χ1v) is 22.4. The molecule has 1 aliphatic heterocycles. The first-order valence-electron chi connectivity index (χ1n) is 22.4. The van der Waals surface area contributed by atoms with Gasteiger partial charge in [0.2, 0.25) is 5.91 Å². The highest BCUT2D eigenvalue weighted by Crippen LogP contribution is 2.64. The Morgan fingerprint density at radius 3 is 1.98 bits per heavy atom. The van der Waals surface area contributed by atoms with E-state index in [1.54, 1.807) is 20.8 Å². The quantitative estimate of drug-likeness (QED) is 0.127. The number of ketones is 1. The molecule has 1 heterocycles. The topological polar surface area (TPSA) is 215 Å². The summed E-state index contributed by atoms with van der Waals surface area (Å²) < 4.78 is 24.7. The molecule has 14 nitrogen and oxygen atoms in total. The summed E-state index contributed by atoms with van der Waals surface area (Å²) in [7, 11) is 0. The summed E-state index contributed by atoms with van der Waals surface area (Å²) in [5.74, 6) is -5.67. The number of nitrogens with one attached hydrogen (secondary N) is 1. The average Bonchev–Trinajstić information content (AvgIpc) is 3.21. The van der Waals surface area contributed by atoms with Gasteiger partial charge in [-0.1, -0.05) is 71.6 Å². The molecule has 0 radical (unpaired) electrons. The van der Waals surface area contributed by atoms with Gasteiger partial charge in [0.05, 0.1) is 36.0 Å². The lowest BCUT2D eigenvalue weighted by Crippen LogP contribution is -2.81. The van der Waals surface area contributed by atoms with Gasteiger partial charge in [0.1, 0.15) is 30.0 Å². The van der Waals surface area contributed by atoms with E-state index >= 15 is 4.79 Å². The minimum absolute atomic E-state index is 0.0390. The number of aliphatic hydroxyl groups excluding tert-OH is 3. The SMILES string of the molecule is CC(=O)OC12COC1CC(O)C1(C)C(=O)C(O)C3=C(C)C(OC(=O)C(O)C(NC(=O)C4CCCCC4)C4CCCCC4)CC(O)(C(OC(=O)C4CCCCC4)C21)C3(C)C. The molecule has 1 saturated heterocycles. The molecule has 0 aromatic rings. The van der Waals surface area contributed by atoms with Crippen LogP contribution in [0.5, 0.6) is 0 Å². The minimum atomic E-state index is -2.22. The lowest BCUT2D eigenvalue weighted by atomic mass is 9.44. The van der Waals surface area contributed by atoms with Crippen LogP contribution in [-0.2, 0) is 42.9 Å². The highest BCUT2D eigenvalue weighted by molar-refractivity contribution is 5.93. The Labute approximate surface area is 347 Å². The van der Waals surface area contributed by atoms with Crippen molar-refractivity contribution in [2.75, 3.05) is 6.61 Å². The fourth-order valence-corrected chi connectivity index (χ4v) is 12.5. The van der Waals surface area contributed by atoms with Crippen LogP contribution in [0.15, 0.2) is 11.1 Å². The molecule has 2 bridgehead atoms. The number of Topliss-reactive ketones (excluding diaryl/α,β-unsaturated/α-hetero) is 1. The van der Waals surface area contributed by atoms with E-state index in [1.807, 2.05) is 0 Å². The molecule has 59 heavy (non-hydrogen) atoms. The number of ether oxygens (including phenoxy) is 4. The lowest BCUT2D eigenvalue weighted by Gasteiger charge is -2.67. The molecule has 330 valence electrons. The summed E-state index contributed by atoms with van der Waals surface area (Å²) in [5, 5.41) is 52.6. The first-order chi connectivity index (χ1) is 27.9. The zero-order valence-corrected chi connectivity index (χ0v) is 35.5. The molecule has 5 N–H and O–H groups in total. The molecule has 0 aromatic heterocycles. The predicted molar refractivity (Wildman–Crippen MR) is 211 cm³/mol.